The number of carboxylic acid groups (broad SMARTS) is 1. The lowest BCUT2D eigenvalue weighted by Gasteiger charge is -2.19. The first kappa shape index (κ1) is 16.2. The van der Waals surface area contributed by atoms with Crippen LogP contribution in [0.3, 0.4) is 0 Å². The van der Waals surface area contributed by atoms with E-state index in [4.69, 9.17) is 33.3 Å². The second-order valence-corrected chi connectivity index (χ2v) is 6.68. The number of hydrogen-bond donors (Lipinski definition) is 2. The van der Waals surface area contributed by atoms with Gasteiger partial charge in [0.2, 0.25) is 5.89 Å². The van der Waals surface area contributed by atoms with Gasteiger partial charge in [0.15, 0.2) is 0 Å². The number of halogens is 1. The van der Waals surface area contributed by atoms with Crippen molar-refractivity contribution in [2.45, 2.75) is 38.0 Å². The van der Waals surface area contributed by atoms with E-state index >= 15 is 0 Å². The minimum Gasteiger partial charge on any atom is -0.481 e. The predicted octanol–water partition coefficient (Wildman–Crippen LogP) is 4.80. The van der Waals surface area contributed by atoms with Crippen LogP contribution in [0.4, 0.5) is 0 Å². The molecule has 4 rings (SSSR count). The van der Waals surface area contributed by atoms with Gasteiger partial charge in [-0.25, -0.2) is 5.10 Å². The number of carboxylic acids is 1. The average molecular weight is 353 g/mol. The van der Waals surface area contributed by atoms with E-state index in [0.29, 0.717) is 16.8 Å². The Morgan fingerprint density at radius 1 is 1.35 bits per heavy atom. The van der Waals surface area contributed by atoms with Gasteiger partial charge in [-0.2, -0.15) is 0 Å². The average Bonchev–Trinajstić information content (AvgIpc) is 3.20. The first-order valence-corrected chi connectivity index (χ1v) is 8.41. The fraction of sp³-hybridized carbons (Fsp3) is 0.438. The zero-order chi connectivity index (χ0) is 16.4. The first-order valence-electron chi connectivity index (χ1n) is 7.62. The van der Waals surface area contributed by atoms with Crippen LogP contribution in [0.2, 0.25) is 5.02 Å². The van der Waals surface area contributed by atoms with E-state index in [1.807, 2.05) is 12.1 Å². The SMILES string of the molecule is O=C(O)C1CCC1.S=c1[nH]nc(-c2ccc(C3CC3)cc2Cl)o1. The van der Waals surface area contributed by atoms with Crippen molar-refractivity contribution in [2.75, 3.05) is 0 Å². The molecular weight excluding hydrogens is 336 g/mol. The highest BCUT2D eigenvalue weighted by Gasteiger charge is 2.24. The third-order valence-corrected chi connectivity index (χ3v) is 4.65. The number of aromatic amines is 1. The summed E-state index contributed by atoms with van der Waals surface area (Å²) in [7, 11) is 0. The largest absolute Gasteiger partial charge is 0.481 e. The Morgan fingerprint density at radius 3 is 2.48 bits per heavy atom. The molecule has 0 bridgehead atoms. The zero-order valence-corrected chi connectivity index (χ0v) is 14.0. The third kappa shape index (κ3) is 4.00. The summed E-state index contributed by atoms with van der Waals surface area (Å²) in [6.45, 7) is 0. The third-order valence-electron chi connectivity index (χ3n) is 4.16. The minimum absolute atomic E-state index is 0.000000000000000444. The Morgan fingerprint density at radius 2 is 2.09 bits per heavy atom. The molecule has 1 aromatic carbocycles. The van der Waals surface area contributed by atoms with E-state index in [9.17, 15) is 4.79 Å². The van der Waals surface area contributed by atoms with Gasteiger partial charge in [0, 0.05) is 0 Å². The van der Waals surface area contributed by atoms with Crippen molar-refractivity contribution in [3.63, 3.8) is 0 Å². The van der Waals surface area contributed by atoms with E-state index in [2.05, 4.69) is 16.3 Å². The molecule has 2 fully saturated rings. The Hall–Kier alpha value is -1.66. The van der Waals surface area contributed by atoms with Crippen molar-refractivity contribution >= 4 is 29.8 Å². The van der Waals surface area contributed by atoms with Crippen LogP contribution in [0.5, 0.6) is 0 Å². The molecule has 23 heavy (non-hydrogen) atoms. The summed E-state index contributed by atoms with van der Waals surface area (Å²) in [5, 5.41) is 15.4. The van der Waals surface area contributed by atoms with Crippen molar-refractivity contribution in [3.8, 4) is 11.5 Å². The molecular formula is C16H17ClN2O3S. The highest BCUT2D eigenvalue weighted by Crippen LogP contribution is 2.42. The second-order valence-electron chi connectivity index (χ2n) is 5.90. The molecule has 2 aromatic rings. The molecule has 0 saturated heterocycles. The quantitative estimate of drug-likeness (QED) is 0.775. The molecule has 2 saturated carbocycles. The van der Waals surface area contributed by atoms with Gasteiger partial charge in [0.1, 0.15) is 0 Å². The fourth-order valence-corrected chi connectivity index (χ4v) is 2.77. The summed E-state index contributed by atoms with van der Waals surface area (Å²) < 4.78 is 5.23. The molecule has 0 aliphatic heterocycles. The minimum atomic E-state index is -0.619. The second kappa shape index (κ2) is 6.84. The number of nitrogens with one attached hydrogen (secondary N) is 1. The van der Waals surface area contributed by atoms with Gasteiger partial charge in [0.25, 0.3) is 4.84 Å². The summed E-state index contributed by atoms with van der Waals surface area (Å²) in [5.74, 6) is 0.515. The van der Waals surface area contributed by atoms with Crippen LogP contribution in [-0.2, 0) is 4.79 Å². The number of nitrogens with zero attached hydrogens (tertiary/aromatic N) is 1. The molecule has 2 aliphatic carbocycles. The number of H-pyrrole nitrogens is 1. The van der Waals surface area contributed by atoms with Crippen LogP contribution in [-0.4, -0.2) is 21.3 Å². The Balaban J connectivity index is 0.000000188. The summed E-state index contributed by atoms with van der Waals surface area (Å²) in [5.41, 5.74) is 2.07. The van der Waals surface area contributed by atoms with Crippen LogP contribution in [0.25, 0.3) is 11.5 Å². The number of carbonyl (C=O) groups is 1. The molecule has 0 amide bonds. The Bertz CT molecular complexity index is 763. The number of benzene rings is 1. The molecule has 7 heteroatoms. The zero-order valence-electron chi connectivity index (χ0n) is 12.4. The van der Waals surface area contributed by atoms with Crippen LogP contribution >= 0.6 is 23.8 Å². The monoisotopic (exact) mass is 352 g/mol. The highest BCUT2D eigenvalue weighted by molar-refractivity contribution is 7.71. The van der Waals surface area contributed by atoms with E-state index < -0.39 is 5.97 Å². The van der Waals surface area contributed by atoms with Crippen LogP contribution < -0.4 is 0 Å². The summed E-state index contributed by atoms with van der Waals surface area (Å²) >= 11 is 11.0. The molecule has 0 unspecified atom stereocenters. The Kier molecular flexibility index (Phi) is 4.82. The predicted molar refractivity (Wildman–Crippen MR) is 89.1 cm³/mol. The fourth-order valence-electron chi connectivity index (χ4n) is 2.38. The lowest BCUT2D eigenvalue weighted by molar-refractivity contribution is -0.144. The van der Waals surface area contributed by atoms with Gasteiger partial charge in [-0.1, -0.05) is 24.1 Å². The van der Waals surface area contributed by atoms with Crippen LogP contribution in [0.1, 0.15) is 43.6 Å². The van der Waals surface area contributed by atoms with Crippen molar-refractivity contribution in [1.82, 2.24) is 10.2 Å². The van der Waals surface area contributed by atoms with Gasteiger partial charge in [-0.3, -0.25) is 4.79 Å². The van der Waals surface area contributed by atoms with Crippen molar-refractivity contribution in [1.29, 1.82) is 0 Å². The van der Waals surface area contributed by atoms with Crippen LogP contribution in [0.15, 0.2) is 22.6 Å². The van der Waals surface area contributed by atoms with Gasteiger partial charge in [-0.05, 0) is 61.5 Å². The van der Waals surface area contributed by atoms with E-state index in [0.717, 1.165) is 24.8 Å². The molecule has 0 radical (unpaired) electrons. The van der Waals surface area contributed by atoms with Crippen molar-refractivity contribution < 1.29 is 14.3 Å². The molecule has 2 N–H and O–H groups in total. The summed E-state index contributed by atoms with van der Waals surface area (Å²) in [6.07, 6.45) is 5.43. The van der Waals surface area contributed by atoms with Gasteiger partial charge >= 0.3 is 5.97 Å². The molecule has 1 heterocycles. The molecule has 2 aliphatic rings. The number of aliphatic carboxylic acids is 1. The van der Waals surface area contributed by atoms with Gasteiger partial charge < -0.3 is 9.52 Å². The molecule has 5 nitrogen and oxygen atoms in total. The summed E-state index contributed by atoms with van der Waals surface area (Å²) in [4.78, 5) is 10.2. The lowest BCUT2D eigenvalue weighted by Crippen LogP contribution is -2.20. The Labute approximate surface area is 143 Å². The molecule has 0 atom stereocenters. The van der Waals surface area contributed by atoms with Gasteiger partial charge in [0.05, 0.1) is 16.5 Å². The van der Waals surface area contributed by atoms with Crippen LogP contribution in [0, 0.1) is 10.8 Å². The number of rotatable bonds is 3. The topological polar surface area (TPSA) is 79.1 Å². The number of hydrogen-bond acceptors (Lipinski definition) is 4. The lowest BCUT2D eigenvalue weighted by atomic mass is 9.86. The van der Waals surface area contributed by atoms with Crippen molar-refractivity contribution in [2.24, 2.45) is 5.92 Å². The highest BCUT2D eigenvalue weighted by atomic mass is 35.5. The molecule has 122 valence electrons. The maximum atomic E-state index is 9.98. The van der Waals surface area contributed by atoms with E-state index in [1.54, 1.807) is 0 Å². The van der Waals surface area contributed by atoms with E-state index in [-0.39, 0.29) is 10.8 Å². The van der Waals surface area contributed by atoms with Gasteiger partial charge in [-0.15, -0.1) is 5.10 Å². The maximum Gasteiger partial charge on any atom is 0.306 e. The molecule has 1 aromatic heterocycles. The smallest absolute Gasteiger partial charge is 0.306 e. The van der Waals surface area contributed by atoms with Crippen molar-refractivity contribution in [3.05, 3.63) is 33.6 Å². The maximum absolute atomic E-state index is 9.98. The summed E-state index contributed by atoms with van der Waals surface area (Å²) in [6, 6.07) is 6.00. The normalized spacial score (nSPS) is 17.1. The molecule has 0 spiro atoms. The standard InChI is InChI=1S/C11H9ClN2OS.C5H8O2/c12-9-5-7(6-1-2-6)3-4-8(9)10-13-14-11(16)15-10;6-5(7)4-2-1-3-4/h3-6H,1-2H2,(H,14,16);4H,1-3H2,(H,6,7). The number of aromatic nitrogens is 2. The van der Waals surface area contributed by atoms with E-state index in [1.165, 1.54) is 18.4 Å². The first-order chi connectivity index (χ1) is 11.0.